The van der Waals surface area contributed by atoms with Gasteiger partial charge in [-0.25, -0.2) is 0 Å². The number of carbonyl (C=O) groups is 3. The van der Waals surface area contributed by atoms with E-state index in [4.69, 9.17) is 0 Å². The quantitative estimate of drug-likeness (QED) is 0.589. The highest BCUT2D eigenvalue weighted by Crippen LogP contribution is 2.23. The van der Waals surface area contributed by atoms with Crippen LogP contribution in [0, 0.1) is 23.7 Å². The minimum absolute atomic E-state index is 0.0207. The second kappa shape index (κ2) is 11.4. The Kier molecular flexibility index (Phi) is 9.27. The number of benzene rings is 1. The van der Waals surface area contributed by atoms with Gasteiger partial charge in [-0.2, -0.15) is 0 Å². The second-order valence-electron chi connectivity index (χ2n) is 10.1. The molecule has 0 saturated carbocycles. The first-order valence-corrected chi connectivity index (χ1v) is 11.8. The monoisotopic (exact) mass is 428 g/mol. The highest BCUT2D eigenvalue weighted by Gasteiger charge is 2.33. The Morgan fingerprint density at radius 2 is 1.52 bits per heavy atom. The first-order valence-electron chi connectivity index (χ1n) is 11.8. The molecule has 31 heavy (non-hydrogen) atoms. The van der Waals surface area contributed by atoms with E-state index in [2.05, 4.69) is 31.3 Å². The molecule has 0 aliphatic carbocycles. The maximum absolute atomic E-state index is 13.1. The van der Waals surface area contributed by atoms with Crippen LogP contribution in [0.3, 0.4) is 0 Å². The third-order valence-electron chi connectivity index (χ3n) is 5.90. The molecule has 1 heterocycles. The number of rotatable bonds is 9. The third kappa shape index (κ3) is 7.48. The van der Waals surface area contributed by atoms with Crippen LogP contribution >= 0.6 is 0 Å². The number of amides is 2. The van der Waals surface area contributed by atoms with E-state index in [1.54, 1.807) is 0 Å². The van der Waals surface area contributed by atoms with Gasteiger partial charge in [-0.1, -0.05) is 65.8 Å². The van der Waals surface area contributed by atoms with Crippen LogP contribution < -0.4 is 5.32 Å². The molecule has 2 rings (SSSR count). The fourth-order valence-corrected chi connectivity index (χ4v) is 4.19. The van der Waals surface area contributed by atoms with Crippen molar-refractivity contribution >= 4 is 17.6 Å². The zero-order valence-corrected chi connectivity index (χ0v) is 20.1. The molecule has 0 bridgehead atoms. The van der Waals surface area contributed by atoms with Gasteiger partial charge in [0.1, 0.15) is 6.04 Å². The first kappa shape index (κ1) is 25.1. The second-order valence-corrected chi connectivity index (χ2v) is 10.1. The lowest BCUT2D eigenvalue weighted by atomic mass is 9.87. The Bertz CT molecular complexity index is 744. The molecule has 0 radical (unpaired) electrons. The van der Waals surface area contributed by atoms with Crippen molar-refractivity contribution in [2.75, 3.05) is 13.1 Å². The van der Waals surface area contributed by atoms with E-state index in [0.29, 0.717) is 38.3 Å². The number of hydrogen-bond acceptors (Lipinski definition) is 3. The van der Waals surface area contributed by atoms with Gasteiger partial charge in [0.05, 0.1) is 0 Å². The van der Waals surface area contributed by atoms with Crippen molar-refractivity contribution in [3.63, 3.8) is 0 Å². The fourth-order valence-electron chi connectivity index (χ4n) is 4.19. The van der Waals surface area contributed by atoms with Gasteiger partial charge < -0.3 is 10.2 Å². The zero-order chi connectivity index (χ0) is 23.1. The molecule has 5 heteroatoms. The predicted molar refractivity (Wildman–Crippen MR) is 125 cm³/mol. The van der Waals surface area contributed by atoms with Crippen molar-refractivity contribution in [1.82, 2.24) is 10.2 Å². The highest BCUT2D eigenvalue weighted by atomic mass is 16.2. The van der Waals surface area contributed by atoms with E-state index < -0.39 is 6.04 Å². The summed E-state index contributed by atoms with van der Waals surface area (Å²) in [6.45, 7) is 13.4. The average molecular weight is 429 g/mol. The summed E-state index contributed by atoms with van der Waals surface area (Å²) in [6.07, 6.45) is 2.77. The molecule has 1 unspecified atom stereocenters. The maximum Gasteiger partial charge on any atom is 0.245 e. The number of likely N-dealkylation sites (tertiary alicyclic amines) is 1. The molecule has 1 atom stereocenters. The summed E-state index contributed by atoms with van der Waals surface area (Å²) >= 11 is 0. The van der Waals surface area contributed by atoms with E-state index in [9.17, 15) is 14.4 Å². The minimum Gasteiger partial charge on any atom is -0.344 e. The van der Waals surface area contributed by atoms with Crippen molar-refractivity contribution in [2.45, 2.75) is 73.3 Å². The number of Topliss-reactive ketones (excluding diaryl/α,β-unsaturated/α-hetero) is 1. The topological polar surface area (TPSA) is 66.5 Å². The molecule has 172 valence electrons. The standard InChI is InChI=1S/C26H40N2O3/c1-17(2)15-20-7-9-21(10-8-20)25(30)22-11-13-28(14-12-22)26(31)24(19(5)6)27-23(29)16-18(3)4/h7-10,17-19,22,24H,11-16H2,1-6H3,(H,27,29). The average Bonchev–Trinajstić information content (AvgIpc) is 2.70. The highest BCUT2D eigenvalue weighted by molar-refractivity contribution is 5.98. The molecule has 1 aromatic carbocycles. The van der Waals surface area contributed by atoms with Crippen LogP contribution in [-0.2, 0) is 16.0 Å². The number of carbonyl (C=O) groups excluding carboxylic acids is 3. The third-order valence-corrected chi connectivity index (χ3v) is 5.90. The molecule has 1 aliphatic rings. The van der Waals surface area contributed by atoms with Gasteiger partial charge in [0.2, 0.25) is 11.8 Å². The van der Waals surface area contributed by atoms with Gasteiger partial charge in [0, 0.05) is 31.0 Å². The van der Waals surface area contributed by atoms with Crippen molar-refractivity contribution in [3.8, 4) is 0 Å². The van der Waals surface area contributed by atoms with Crippen molar-refractivity contribution in [2.24, 2.45) is 23.7 Å². The SMILES string of the molecule is CC(C)CC(=O)NC(C(=O)N1CCC(C(=O)c2ccc(CC(C)C)cc2)CC1)C(C)C. The summed E-state index contributed by atoms with van der Waals surface area (Å²) in [5, 5.41) is 2.93. The number of hydrogen-bond donors (Lipinski definition) is 1. The zero-order valence-electron chi connectivity index (χ0n) is 20.1. The normalized spacial score (nSPS) is 16.1. The Hall–Kier alpha value is -2.17. The molecule has 2 amide bonds. The van der Waals surface area contributed by atoms with Gasteiger partial charge in [0.25, 0.3) is 0 Å². The molecule has 1 aliphatic heterocycles. The Morgan fingerprint density at radius 3 is 2.00 bits per heavy atom. The Balaban J connectivity index is 1.93. The van der Waals surface area contributed by atoms with Crippen LogP contribution in [0.15, 0.2) is 24.3 Å². The van der Waals surface area contributed by atoms with E-state index in [1.807, 2.05) is 44.7 Å². The number of nitrogens with zero attached hydrogens (tertiary/aromatic N) is 1. The van der Waals surface area contributed by atoms with Gasteiger partial charge in [-0.05, 0) is 42.6 Å². The van der Waals surface area contributed by atoms with E-state index in [0.717, 1.165) is 12.0 Å². The lowest BCUT2D eigenvalue weighted by molar-refractivity contribution is -0.138. The van der Waals surface area contributed by atoms with Gasteiger partial charge in [-0.3, -0.25) is 14.4 Å². The predicted octanol–water partition coefficient (Wildman–Crippen LogP) is 4.49. The summed E-state index contributed by atoms with van der Waals surface area (Å²) < 4.78 is 0. The molecule has 1 fully saturated rings. The molecular formula is C26H40N2O3. The molecule has 1 aromatic rings. The summed E-state index contributed by atoms with van der Waals surface area (Å²) in [6, 6.07) is 7.48. The molecule has 0 aromatic heterocycles. The lowest BCUT2D eigenvalue weighted by Crippen LogP contribution is -2.53. The molecule has 5 nitrogen and oxygen atoms in total. The molecule has 1 saturated heterocycles. The lowest BCUT2D eigenvalue weighted by Gasteiger charge is -2.35. The van der Waals surface area contributed by atoms with Crippen LogP contribution in [0.4, 0.5) is 0 Å². The summed E-state index contributed by atoms with van der Waals surface area (Å²) in [7, 11) is 0. The van der Waals surface area contributed by atoms with Crippen LogP contribution in [0.1, 0.15) is 76.7 Å². The smallest absolute Gasteiger partial charge is 0.245 e. The van der Waals surface area contributed by atoms with Crippen LogP contribution in [0.2, 0.25) is 0 Å². The van der Waals surface area contributed by atoms with Gasteiger partial charge in [0.15, 0.2) is 5.78 Å². The van der Waals surface area contributed by atoms with E-state index in [1.165, 1.54) is 5.56 Å². The van der Waals surface area contributed by atoms with Gasteiger partial charge in [-0.15, -0.1) is 0 Å². The number of nitrogens with one attached hydrogen (secondary N) is 1. The minimum atomic E-state index is -0.507. The largest absolute Gasteiger partial charge is 0.344 e. The Labute approximate surface area is 188 Å². The Morgan fingerprint density at radius 1 is 0.935 bits per heavy atom. The fraction of sp³-hybridized carbons (Fsp3) is 0.654. The van der Waals surface area contributed by atoms with Crippen molar-refractivity contribution in [1.29, 1.82) is 0 Å². The number of piperidine rings is 1. The summed E-state index contributed by atoms with van der Waals surface area (Å²) in [5.41, 5.74) is 2.02. The van der Waals surface area contributed by atoms with Crippen molar-refractivity contribution in [3.05, 3.63) is 35.4 Å². The van der Waals surface area contributed by atoms with Gasteiger partial charge >= 0.3 is 0 Å². The van der Waals surface area contributed by atoms with Crippen LogP contribution in [0.5, 0.6) is 0 Å². The van der Waals surface area contributed by atoms with Crippen LogP contribution in [0.25, 0.3) is 0 Å². The van der Waals surface area contributed by atoms with E-state index in [-0.39, 0.29) is 35.4 Å². The first-order chi connectivity index (χ1) is 14.6. The summed E-state index contributed by atoms with van der Waals surface area (Å²) in [4.78, 5) is 40.0. The van der Waals surface area contributed by atoms with E-state index >= 15 is 0 Å². The molecular weight excluding hydrogens is 388 g/mol. The summed E-state index contributed by atoms with van der Waals surface area (Å²) in [5.74, 6) is 0.885. The maximum atomic E-state index is 13.1. The number of ketones is 1. The molecule has 0 spiro atoms. The molecule has 1 N–H and O–H groups in total. The van der Waals surface area contributed by atoms with Crippen LogP contribution in [-0.4, -0.2) is 41.6 Å². The van der Waals surface area contributed by atoms with Crippen molar-refractivity contribution < 1.29 is 14.4 Å².